The number of quaternary nitrogens is 1. The van der Waals surface area contributed by atoms with Crippen LogP contribution in [0, 0.1) is 0 Å². The molecule has 0 aliphatic rings. The molecule has 0 spiro atoms. The molecule has 0 saturated heterocycles. The second-order valence-electron chi connectivity index (χ2n) is 4.62. The van der Waals surface area contributed by atoms with Gasteiger partial charge in [-0.2, -0.15) is 0 Å². The molecule has 0 saturated carbocycles. The van der Waals surface area contributed by atoms with Crippen molar-refractivity contribution in [2.75, 3.05) is 13.6 Å². The predicted molar refractivity (Wildman–Crippen MR) is 71.6 cm³/mol. The van der Waals surface area contributed by atoms with Crippen molar-refractivity contribution in [3.63, 3.8) is 0 Å². The Morgan fingerprint density at radius 1 is 1.24 bits per heavy atom. The van der Waals surface area contributed by atoms with Gasteiger partial charge in [-0.05, 0) is 12.8 Å². The number of carbonyl (C=O) groups is 1. The monoisotopic (exact) mass is 235 g/mol. The second kappa shape index (κ2) is 6.50. The van der Waals surface area contributed by atoms with Gasteiger partial charge in [0.2, 0.25) is 0 Å². The number of hydrogen-bond donors (Lipinski definition) is 0. The number of rotatable bonds is 6. The lowest BCUT2D eigenvalue weighted by Crippen LogP contribution is -2.51. The SMILES string of the molecule is CCCC[N+](C)(C(=O)CCC)c1ccncc1. The minimum absolute atomic E-state index is 0.298. The molecule has 0 N–H and O–H groups in total. The van der Waals surface area contributed by atoms with Gasteiger partial charge in [0.05, 0.1) is 20.0 Å². The van der Waals surface area contributed by atoms with Crippen LogP contribution in [0.5, 0.6) is 0 Å². The van der Waals surface area contributed by atoms with E-state index < -0.39 is 0 Å². The molecule has 1 aromatic rings. The molecule has 3 heteroatoms. The second-order valence-corrected chi connectivity index (χ2v) is 4.62. The van der Waals surface area contributed by atoms with Gasteiger partial charge in [-0.25, -0.2) is 9.28 Å². The molecular formula is C14H23N2O+. The Hall–Kier alpha value is -1.22. The van der Waals surface area contributed by atoms with E-state index in [1.54, 1.807) is 12.4 Å². The Labute approximate surface area is 104 Å². The zero-order valence-corrected chi connectivity index (χ0v) is 11.1. The Balaban J connectivity index is 2.97. The fourth-order valence-electron chi connectivity index (χ4n) is 2.01. The summed E-state index contributed by atoms with van der Waals surface area (Å²) < 4.78 is 0.407. The fourth-order valence-corrected chi connectivity index (χ4v) is 2.01. The lowest BCUT2D eigenvalue weighted by Gasteiger charge is -2.31. The summed E-state index contributed by atoms with van der Waals surface area (Å²) in [5.74, 6) is 0.298. The van der Waals surface area contributed by atoms with Crippen LogP contribution >= 0.6 is 0 Å². The van der Waals surface area contributed by atoms with Crippen LogP contribution in [0.2, 0.25) is 0 Å². The molecule has 0 aliphatic carbocycles. The van der Waals surface area contributed by atoms with Gasteiger partial charge in [-0.3, -0.25) is 4.98 Å². The molecule has 0 radical (unpaired) electrons. The summed E-state index contributed by atoms with van der Waals surface area (Å²) in [5.41, 5.74) is 1.05. The van der Waals surface area contributed by atoms with Crippen LogP contribution in [0.25, 0.3) is 0 Å². The maximum atomic E-state index is 12.3. The van der Waals surface area contributed by atoms with Crippen LogP contribution in [-0.4, -0.2) is 24.5 Å². The van der Waals surface area contributed by atoms with E-state index in [1.807, 2.05) is 19.2 Å². The van der Waals surface area contributed by atoms with Crippen LogP contribution in [0.1, 0.15) is 39.5 Å². The summed E-state index contributed by atoms with van der Waals surface area (Å²) in [6.07, 6.45) is 7.24. The lowest BCUT2D eigenvalue weighted by molar-refractivity contribution is -0.129. The Kier molecular flexibility index (Phi) is 5.29. The molecule has 3 nitrogen and oxygen atoms in total. The Morgan fingerprint density at radius 3 is 2.41 bits per heavy atom. The van der Waals surface area contributed by atoms with Crippen LogP contribution in [-0.2, 0) is 4.79 Å². The number of aromatic nitrogens is 1. The highest BCUT2D eigenvalue weighted by Gasteiger charge is 2.32. The smallest absolute Gasteiger partial charge is 0.264 e. The van der Waals surface area contributed by atoms with Crippen molar-refractivity contribution in [1.82, 2.24) is 9.47 Å². The van der Waals surface area contributed by atoms with Crippen molar-refractivity contribution in [3.05, 3.63) is 24.5 Å². The number of unbranched alkanes of at least 4 members (excludes halogenated alkanes) is 1. The highest BCUT2D eigenvalue weighted by Crippen LogP contribution is 2.22. The number of carbonyl (C=O) groups excluding carboxylic acids is 1. The Bertz CT molecular complexity index is 350. The summed E-state index contributed by atoms with van der Waals surface area (Å²) in [7, 11) is 2.02. The van der Waals surface area contributed by atoms with E-state index >= 15 is 0 Å². The topological polar surface area (TPSA) is 30.0 Å². The zero-order valence-electron chi connectivity index (χ0n) is 11.1. The average Bonchev–Trinajstić information content (AvgIpc) is 2.37. The van der Waals surface area contributed by atoms with E-state index in [4.69, 9.17) is 0 Å². The van der Waals surface area contributed by atoms with E-state index in [-0.39, 0.29) is 0 Å². The van der Waals surface area contributed by atoms with Gasteiger partial charge in [0, 0.05) is 24.5 Å². The van der Waals surface area contributed by atoms with E-state index in [1.165, 1.54) is 0 Å². The molecule has 0 aromatic carbocycles. The molecule has 0 fully saturated rings. The first kappa shape index (κ1) is 13.8. The molecule has 0 bridgehead atoms. The zero-order chi connectivity index (χ0) is 12.7. The fraction of sp³-hybridized carbons (Fsp3) is 0.571. The molecule has 0 aliphatic heterocycles. The first-order valence-corrected chi connectivity index (χ1v) is 6.44. The molecule has 1 heterocycles. The summed E-state index contributed by atoms with van der Waals surface area (Å²) >= 11 is 0. The molecule has 1 atom stereocenters. The molecule has 1 rings (SSSR count). The molecular weight excluding hydrogens is 212 g/mol. The standard InChI is InChI=1S/C14H23N2O/c1-4-6-12-16(3,14(17)7-5-2)13-8-10-15-11-9-13/h8-11H,4-7,12H2,1-3H3/q+1. The van der Waals surface area contributed by atoms with Gasteiger partial charge in [0.25, 0.3) is 0 Å². The van der Waals surface area contributed by atoms with Gasteiger partial charge >= 0.3 is 5.91 Å². The summed E-state index contributed by atoms with van der Waals surface area (Å²) in [6.45, 7) is 5.08. The van der Waals surface area contributed by atoms with Crippen LogP contribution in [0.3, 0.4) is 0 Å². The third-order valence-electron chi connectivity index (χ3n) is 3.21. The highest BCUT2D eigenvalue weighted by atomic mass is 16.2. The number of nitrogens with zero attached hydrogens (tertiary/aromatic N) is 2. The van der Waals surface area contributed by atoms with Crippen molar-refractivity contribution in [1.29, 1.82) is 0 Å². The maximum absolute atomic E-state index is 12.3. The average molecular weight is 235 g/mol. The number of hydrogen-bond acceptors (Lipinski definition) is 2. The maximum Gasteiger partial charge on any atom is 0.318 e. The molecule has 17 heavy (non-hydrogen) atoms. The first-order valence-electron chi connectivity index (χ1n) is 6.44. The summed E-state index contributed by atoms with van der Waals surface area (Å²) in [6, 6.07) is 3.90. The van der Waals surface area contributed by atoms with E-state index in [9.17, 15) is 4.79 Å². The molecule has 1 amide bonds. The minimum Gasteiger partial charge on any atom is -0.264 e. The van der Waals surface area contributed by atoms with Crippen molar-refractivity contribution in [2.24, 2.45) is 0 Å². The van der Waals surface area contributed by atoms with Gasteiger partial charge in [-0.1, -0.05) is 20.3 Å². The van der Waals surface area contributed by atoms with Crippen molar-refractivity contribution < 1.29 is 4.79 Å². The first-order chi connectivity index (χ1) is 8.15. The van der Waals surface area contributed by atoms with E-state index in [2.05, 4.69) is 18.8 Å². The number of pyridine rings is 1. The summed E-state index contributed by atoms with van der Waals surface area (Å²) in [4.78, 5) is 16.3. The quantitative estimate of drug-likeness (QED) is 0.709. The van der Waals surface area contributed by atoms with E-state index in [0.717, 1.165) is 31.5 Å². The highest BCUT2D eigenvalue weighted by molar-refractivity contribution is 5.87. The minimum atomic E-state index is 0.298. The van der Waals surface area contributed by atoms with Crippen LogP contribution in [0.15, 0.2) is 24.5 Å². The normalized spacial score (nSPS) is 14.3. The van der Waals surface area contributed by atoms with Gasteiger partial charge in [-0.15, -0.1) is 0 Å². The third-order valence-corrected chi connectivity index (χ3v) is 3.21. The van der Waals surface area contributed by atoms with Gasteiger partial charge in [0.1, 0.15) is 5.69 Å². The van der Waals surface area contributed by atoms with Crippen molar-refractivity contribution >= 4 is 11.6 Å². The third kappa shape index (κ3) is 3.37. The largest absolute Gasteiger partial charge is 0.318 e. The Morgan fingerprint density at radius 2 is 1.88 bits per heavy atom. The molecule has 1 unspecified atom stereocenters. The van der Waals surface area contributed by atoms with Crippen molar-refractivity contribution in [2.45, 2.75) is 39.5 Å². The van der Waals surface area contributed by atoms with Crippen LogP contribution < -0.4 is 4.48 Å². The molecule has 94 valence electrons. The predicted octanol–water partition coefficient (Wildman–Crippen LogP) is 3.15. The number of amides is 1. The lowest BCUT2D eigenvalue weighted by atomic mass is 10.2. The van der Waals surface area contributed by atoms with Crippen LogP contribution in [0.4, 0.5) is 5.69 Å². The van der Waals surface area contributed by atoms with Gasteiger partial charge < -0.3 is 0 Å². The van der Waals surface area contributed by atoms with E-state index in [0.29, 0.717) is 16.8 Å². The summed E-state index contributed by atoms with van der Waals surface area (Å²) in [5, 5.41) is 0. The van der Waals surface area contributed by atoms with Gasteiger partial charge in [0.15, 0.2) is 0 Å². The van der Waals surface area contributed by atoms with Crippen molar-refractivity contribution in [3.8, 4) is 0 Å². The molecule has 1 aromatic heterocycles.